The molecule has 3 heterocycles. The first-order chi connectivity index (χ1) is 16.0. The molecule has 2 aliphatic rings. The smallest absolute Gasteiger partial charge is 0.371 e. The number of piperidine rings is 1. The molecule has 0 spiro atoms. The molecule has 1 atom stereocenters. The van der Waals surface area contributed by atoms with Crippen LogP contribution in [0.25, 0.3) is 0 Å². The second-order valence-corrected chi connectivity index (χ2v) is 10.5. The van der Waals surface area contributed by atoms with E-state index in [1.807, 2.05) is 4.90 Å². The van der Waals surface area contributed by atoms with Crippen LogP contribution in [-0.2, 0) is 21.0 Å². The predicted molar refractivity (Wildman–Crippen MR) is 121 cm³/mol. The van der Waals surface area contributed by atoms with Crippen LogP contribution in [0.4, 0.5) is 24.7 Å². The van der Waals surface area contributed by atoms with Crippen molar-refractivity contribution in [2.24, 2.45) is 11.7 Å². The topological polar surface area (TPSA) is 109 Å². The van der Waals surface area contributed by atoms with Gasteiger partial charge in [-0.05, 0) is 55.7 Å². The highest BCUT2D eigenvalue weighted by molar-refractivity contribution is 7.89. The number of hydrogen-bond donors (Lipinski definition) is 2. The van der Waals surface area contributed by atoms with E-state index in [1.165, 1.54) is 10.4 Å². The Hall–Kier alpha value is -2.86. The summed E-state index contributed by atoms with van der Waals surface area (Å²) in [4.78, 5) is 17.4. The fourth-order valence-electron chi connectivity index (χ4n) is 4.30. The monoisotopic (exact) mass is 497 g/mol. The van der Waals surface area contributed by atoms with E-state index in [1.54, 1.807) is 24.3 Å². The van der Waals surface area contributed by atoms with Gasteiger partial charge in [-0.15, -0.1) is 0 Å². The molecule has 1 amide bonds. The number of carbonyl (C=O) groups excluding carboxylic acids is 1. The number of amides is 1. The Morgan fingerprint density at radius 3 is 2.24 bits per heavy atom. The molecule has 0 saturated carbocycles. The Balaban J connectivity index is 1.33. The summed E-state index contributed by atoms with van der Waals surface area (Å²) in [5.41, 5.74) is 5.40. The van der Waals surface area contributed by atoms with Crippen molar-refractivity contribution in [1.82, 2.24) is 9.29 Å². The number of carbonyl (C=O) groups is 1. The minimum absolute atomic E-state index is 0.0913. The van der Waals surface area contributed by atoms with Crippen LogP contribution >= 0.6 is 0 Å². The molecule has 2 fully saturated rings. The standard InChI is InChI=1S/C22H26F3N5O3S/c23-22(24,25)16-1-6-20(27-13-16)28-17-8-11-30(12-9-17)34(32,33)19-4-2-18(3-5-19)29-10-7-15(14-29)21(26)31/h1-6,13,15,17H,7-12,14H2,(H2,26,31)(H,27,28). The van der Waals surface area contributed by atoms with Gasteiger partial charge in [0, 0.05) is 44.1 Å². The van der Waals surface area contributed by atoms with Crippen LogP contribution in [0.3, 0.4) is 0 Å². The van der Waals surface area contributed by atoms with Crippen molar-refractivity contribution in [3.05, 3.63) is 48.2 Å². The van der Waals surface area contributed by atoms with Gasteiger partial charge in [0.1, 0.15) is 5.82 Å². The molecule has 1 aromatic heterocycles. The largest absolute Gasteiger partial charge is 0.417 e. The number of primary amides is 1. The Bertz CT molecular complexity index is 1120. The van der Waals surface area contributed by atoms with E-state index in [0.717, 1.165) is 18.0 Å². The van der Waals surface area contributed by atoms with Gasteiger partial charge in [0.05, 0.1) is 16.4 Å². The molecular formula is C22H26F3N5O3S. The van der Waals surface area contributed by atoms with Crippen LogP contribution in [0.15, 0.2) is 47.5 Å². The van der Waals surface area contributed by atoms with E-state index in [0.29, 0.717) is 38.2 Å². The van der Waals surface area contributed by atoms with E-state index in [4.69, 9.17) is 5.73 Å². The number of nitrogens with one attached hydrogen (secondary N) is 1. The van der Waals surface area contributed by atoms with Gasteiger partial charge in [0.2, 0.25) is 15.9 Å². The average molecular weight is 498 g/mol. The first-order valence-corrected chi connectivity index (χ1v) is 12.4. The molecule has 2 aliphatic heterocycles. The summed E-state index contributed by atoms with van der Waals surface area (Å²) in [5, 5.41) is 3.08. The molecule has 8 nitrogen and oxygen atoms in total. The SMILES string of the molecule is NC(=O)C1CCN(c2ccc(S(=O)(=O)N3CCC(Nc4ccc(C(F)(F)F)cn4)CC3)cc2)C1. The first-order valence-electron chi connectivity index (χ1n) is 11.0. The lowest BCUT2D eigenvalue weighted by Gasteiger charge is -2.32. The Morgan fingerprint density at radius 2 is 1.71 bits per heavy atom. The third kappa shape index (κ3) is 5.27. The molecule has 2 aromatic rings. The predicted octanol–water partition coefficient (Wildman–Crippen LogP) is 2.68. The highest BCUT2D eigenvalue weighted by Crippen LogP contribution is 2.30. The van der Waals surface area contributed by atoms with Crippen LogP contribution in [0.2, 0.25) is 0 Å². The quantitative estimate of drug-likeness (QED) is 0.635. The summed E-state index contributed by atoms with van der Waals surface area (Å²) in [6.07, 6.45) is -1.98. The third-order valence-electron chi connectivity index (χ3n) is 6.33. The minimum atomic E-state index is -4.44. The van der Waals surface area contributed by atoms with Crippen molar-refractivity contribution < 1.29 is 26.4 Å². The zero-order valence-electron chi connectivity index (χ0n) is 18.3. The van der Waals surface area contributed by atoms with Crippen molar-refractivity contribution in [3.63, 3.8) is 0 Å². The van der Waals surface area contributed by atoms with Crippen molar-refractivity contribution in [3.8, 4) is 0 Å². The number of sulfonamides is 1. The van der Waals surface area contributed by atoms with Gasteiger partial charge >= 0.3 is 6.18 Å². The molecule has 0 aliphatic carbocycles. The molecular weight excluding hydrogens is 471 g/mol. The molecule has 3 N–H and O–H groups in total. The molecule has 34 heavy (non-hydrogen) atoms. The summed E-state index contributed by atoms with van der Waals surface area (Å²) in [6, 6.07) is 8.76. The van der Waals surface area contributed by atoms with Crippen LogP contribution in [0.5, 0.6) is 0 Å². The van der Waals surface area contributed by atoms with E-state index in [-0.39, 0.29) is 35.9 Å². The van der Waals surface area contributed by atoms with Gasteiger partial charge in [-0.2, -0.15) is 17.5 Å². The van der Waals surface area contributed by atoms with Crippen molar-refractivity contribution >= 4 is 27.4 Å². The summed E-state index contributed by atoms with van der Waals surface area (Å²) in [7, 11) is -3.67. The Morgan fingerprint density at radius 1 is 1.03 bits per heavy atom. The number of alkyl halides is 3. The number of anilines is 2. The van der Waals surface area contributed by atoms with E-state index in [9.17, 15) is 26.4 Å². The first kappa shape index (κ1) is 24.3. The van der Waals surface area contributed by atoms with Gasteiger partial charge in [0.25, 0.3) is 0 Å². The fourth-order valence-corrected chi connectivity index (χ4v) is 5.77. The summed E-state index contributed by atoms with van der Waals surface area (Å²) < 4.78 is 65.6. The van der Waals surface area contributed by atoms with Crippen molar-refractivity contribution in [2.75, 3.05) is 36.4 Å². The highest BCUT2D eigenvalue weighted by atomic mass is 32.2. The van der Waals surface area contributed by atoms with Crippen molar-refractivity contribution in [2.45, 2.75) is 36.4 Å². The molecule has 184 valence electrons. The molecule has 2 saturated heterocycles. The van der Waals surface area contributed by atoms with E-state index < -0.39 is 21.8 Å². The van der Waals surface area contributed by atoms with Gasteiger partial charge in [-0.25, -0.2) is 13.4 Å². The fraction of sp³-hybridized carbons (Fsp3) is 0.455. The second-order valence-electron chi connectivity index (χ2n) is 8.58. The van der Waals surface area contributed by atoms with Crippen LogP contribution in [0.1, 0.15) is 24.8 Å². The molecule has 4 rings (SSSR count). The lowest BCUT2D eigenvalue weighted by Crippen LogP contribution is -2.42. The van der Waals surface area contributed by atoms with Gasteiger partial charge in [-0.1, -0.05) is 0 Å². The van der Waals surface area contributed by atoms with Crippen LogP contribution in [0, 0.1) is 5.92 Å². The maximum atomic E-state index is 13.1. The number of benzene rings is 1. The third-order valence-corrected chi connectivity index (χ3v) is 8.24. The average Bonchev–Trinajstić information content (AvgIpc) is 3.30. The van der Waals surface area contributed by atoms with E-state index in [2.05, 4.69) is 10.3 Å². The van der Waals surface area contributed by atoms with Gasteiger partial charge < -0.3 is 16.0 Å². The number of nitrogens with zero attached hydrogens (tertiary/aromatic N) is 3. The summed E-state index contributed by atoms with van der Waals surface area (Å²) >= 11 is 0. The van der Waals surface area contributed by atoms with Gasteiger partial charge in [0.15, 0.2) is 0 Å². The zero-order valence-corrected chi connectivity index (χ0v) is 19.1. The lowest BCUT2D eigenvalue weighted by atomic mass is 10.1. The number of rotatable bonds is 6. The number of halogens is 3. The molecule has 1 unspecified atom stereocenters. The normalized spacial score (nSPS) is 20.4. The maximum absolute atomic E-state index is 13.1. The minimum Gasteiger partial charge on any atom is -0.371 e. The Labute approximate surface area is 196 Å². The zero-order chi connectivity index (χ0) is 24.5. The van der Waals surface area contributed by atoms with E-state index >= 15 is 0 Å². The molecule has 0 radical (unpaired) electrons. The maximum Gasteiger partial charge on any atom is 0.417 e. The van der Waals surface area contributed by atoms with Crippen LogP contribution in [-0.4, -0.2) is 55.8 Å². The molecule has 0 bridgehead atoms. The summed E-state index contributed by atoms with van der Waals surface area (Å²) in [6.45, 7) is 1.79. The number of aromatic nitrogens is 1. The lowest BCUT2D eigenvalue weighted by molar-refractivity contribution is -0.137. The number of hydrogen-bond acceptors (Lipinski definition) is 6. The number of nitrogens with two attached hydrogens (primary N) is 1. The molecule has 12 heteroatoms. The highest BCUT2D eigenvalue weighted by Gasteiger charge is 2.32. The van der Waals surface area contributed by atoms with Gasteiger partial charge in [-0.3, -0.25) is 4.79 Å². The summed E-state index contributed by atoms with van der Waals surface area (Å²) in [5.74, 6) is -0.199. The molecule has 1 aromatic carbocycles. The number of pyridine rings is 1. The Kier molecular flexibility index (Phi) is 6.72. The second kappa shape index (κ2) is 9.41. The van der Waals surface area contributed by atoms with Crippen molar-refractivity contribution in [1.29, 1.82) is 0 Å². The van der Waals surface area contributed by atoms with Crippen LogP contribution < -0.4 is 16.0 Å².